The summed E-state index contributed by atoms with van der Waals surface area (Å²) in [6.45, 7) is 27.9. The van der Waals surface area contributed by atoms with E-state index in [2.05, 4.69) is 181 Å². The van der Waals surface area contributed by atoms with E-state index < -0.39 is 53.0 Å². The van der Waals surface area contributed by atoms with Crippen LogP contribution in [-0.2, 0) is 49.0 Å². The Kier molecular flexibility index (Phi) is 24.7. The molecule has 0 aliphatic carbocycles. The topological polar surface area (TPSA) is 162 Å². The predicted octanol–water partition coefficient (Wildman–Crippen LogP) is 15.2. The smallest absolute Gasteiger partial charge is 0.333 e. The van der Waals surface area contributed by atoms with Gasteiger partial charge in [-0.05, 0) is 226 Å². The molecule has 4 rings (SSSR count). The van der Waals surface area contributed by atoms with Gasteiger partial charge >= 0.3 is 23.9 Å². The first-order valence-corrected chi connectivity index (χ1v) is 29.2. The number of carbonyl (C=O) groups is 4. The van der Waals surface area contributed by atoms with Crippen LogP contribution < -0.4 is 18.9 Å². The van der Waals surface area contributed by atoms with Crippen molar-refractivity contribution in [1.29, 1.82) is 0 Å². The average Bonchev–Trinajstić information content (AvgIpc) is 3.32. The summed E-state index contributed by atoms with van der Waals surface area (Å²) in [7, 11) is 0. The van der Waals surface area contributed by atoms with Gasteiger partial charge in [0.2, 0.25) is 0 Å². The normalized spacial score (nSPS) is 12.6. The van der Waals surface area contributed by atoms with Gasteiger partial charge in [-0.25, -0.2) is 19.2 Å². The summed E-state index contributed by atoms with van der Waals surface area (Å²) >= 11 is 29.3. The molecule has 76 heavy (non-hydrogen) atoms. The van der Waals surface area contributed by atoms with E-state index >= 15 is 0 Å². The van der Waals surface area contributed by atoms with Crippen molar-refractivity contribution in [3.05, 3.63) is 155 Å². The lowest BCUT2D eigenvalue weighted by atomic mass is 9.78. The van der Waals surface area contributed by atoms with E-state index in [9.17, 15) is 24.3 Å². The SMILES string of the molecule is C=C(C)C(=O)OCC(COc1c(Br)cc(C(C)(C)c2cc(Br)c(OCC(O)COc3c(Br)cc(C(C)(C)c4cc(Br)c(OCC(COC(=O)C(=C)C)OC(=O)C(=C)C)c(Br)c4)cc3Br)c(Br)c2)cc1Br)OC(=O)C(=C)C. The van der Waals surface area contributed by atoms with Crippen LogP contribution in [-0.4, -0.2) is 86.9 Å². The fourth-order valence-electron chi connectivity index (χ4n) is 6.65. The highest BCUT2D eigenvalue weighted by atomic mass is 79.9. The zero-order valence-electron chi connectivity index (χ0n) is 42.8. The zero-order valence-corrected chi connectivity index (χ0v) is 55.5. The average molecular weight is 1560 g/mol. The van der Waals surface area contributed by atoms with Crippen LogP contribution >= 0.6 is 127 Å². The summed E-state index contributed by atoms with van der Waals surface area (Å²) in [6, 6.07) is 15.5. The van der Waals surface area contributed by atoms with E-state index in [1.807, 2.05) is 48.5 Å². The molecule has 0 spiro atoms. The first-order valence-electron chi connectivity index (χ1n) is 22.9. The fourth-order valence-corrected chi connectivity index (χ4v) is 12.3. The third-order valence-corrected chi connectivity index (χ3v) is 16.0. The number of hydrogen-bond acceptors (Lipinski definition) is 13. The van der Waals surface area contributed by atoms with E-state index in [0.29, 0.717) is 58.8 Å². The van der Waals surface area contributed by atoms with Gasteiger partial charge in [-0.2, -0.15) is 0 Å². The van der Waals surface area contributed by atoms with Crippen molar-refractivity contribution in [2.45, 2.75) is 84.5 Å². The van der Waals surface area contributed by atoms with Crippen molar-refractivity contribution in [2.24, 2.45) is 0 Å². The van der Waals surface area contributed by atoms with Crippen LogP contribution in [0.25, 0.3) is 0 Å². The highest BCUT2D eigenvalue weighted by Crippen LogP contribution is 2.46. The minimum Gasteiger partial charge on any atom is -0.488 e. The van der Waals surface area contributed by atoms with Crippen LogP contribution in [0.15, 0.2) is 133 Å². The number of aliphatic hydroxyl groups is 1. The molecule has 0 amide bonds. The molecule has 0 heterocycles. The number of hydrogen-bond donors (Lipinski definition) is 1. The van der Waals surface area contributed by atoms with E-state index in [1.54, 1.807) is 0 Å². The lowest BCUT2D eigenvalue weighted by Gasteiger charge is -2.29. The van der Waals surface area contributed by atoms with E-state index in [-0.39, 0.29) is 61.9 Å². The standard InChI is InChI=1S/C55H56Br8O13/c1-27(2)50(65)73-25-36(75-52(67)29(5)6)23-71-48-42(60)17-33(18-43(48)61)54(9,10)31-13-38(56)46(39(57)14-31)69-21-35(64)22-70-47-40(58)15-32(16-41(47)59)55(11,12)34-19-44(62)49(45(63)20-34)72-24-37(76-53(68)30(7)8)26-74-51(66)28(3)4/h13-20,35-37,64H,1,3,5,7,21-26H2,2,4,6,8-12H3. The Balaban J connectivity index is 1.41. The third-order valence-electron chi connectivity index (χ3n) is 11.3. The Labute approximate surface area is 510 Å². The van der Waals surface area contributed by atoms with E-state index in [4.69, 9.17) is 37.9 Å². The number of aliphatic hydroxyl groups excluding tert-OH is 1. The van der Waals surface area contributed by atoms with Crippen molar-refractivity contribution >= 4 is 151 Å². The summed E-state index contributed by atoms with van der Waals surface area (Å²) in [6.07, 6.45) is -2.87. The van der Waals surface area contributed by atoms with Crippen molar-refractivity contribution in [3.63, 3.8) is 0 Å². The highest BCUT2D eigenvalue weighted by Gasteiger charge is 2.31. The monoisotopic (exact) mass is 1560 g/mol. The third kappa shape index (κ3) is 17.9. The Morgan fingerprint density at radius 3 is 0.829 bits per heavy atom. The van der Waals surface area contributed by atoms with Gasteiger partial charge in [0, 0.05) is 33.1 Å². The van der Waals surface area contributed by atoms with Crippen LogP contribution in [0.3, 0.4) is 0 Å². The summed E-state index contributed by atoms with van der Waals surface area (Å²) in [5.74, 6) is -0.661. The van der Waals surface area contributed by atoms with Gasteiger partial charge in [0.1, 0.15) is 68.7 Å². The van der Waals surface area contributed by atoms with E-state index in [0.717, 1.165) is 22.3 Å². The second-order valence-corrected chi connectivity index (χ2v) is 25.4. The van der Waals surface area contributed by atoms with Crippen LogP contribution in [0.4, 0.5) is 0 Å². The maximum absolute atomic E-state index is 12.3. The minimum absolute atomic E-state index is 0.0859. The van der Waals surface area contributed by atoms with Crippen molar-refractivity contribution in [1.82, 2.24) is 0 Å². The maximum Gasteiger partial charge on any atom is 0.333 e. The minimum atomic E-state index is -1.02. The second kappa shape index (κ2) is 28.7. The van der Waals surface area contributed by atoms with Crippen molar-refractivity contribution in [2.75, 3.05) is 39.6 Å². The molecule has 1 N–H and O–H groups in total. The summed E-state index contributed by atoms with van der Waals surface area (Å²) in [4.78, 5) is 48.8. The number of rotatable bonds is 26. The lowest BCUT2D eigenvalue weighted by molar-refractivity contribution is -0.155. The maximum atomic E-state index is 12.3. The molecule has 0 radical (unpaired) electrons. The molecule has 0 saturated carbocycles. The molecule has 0 fully saturated rings. The molecule has 2 atom stereocenters. The quantitative estimate of drug-likeness (QED) is 0.0359. The number of ether oxygens (including phenoxy) is 8. The molecular weight excluding hydrogens is 1510 g/mol. The molecule has 0 aliphatic rings. The zero-order chi connectivity index (χ0) is 57.1. The van der Waals surface area contributed by atoms with Gasteiger partial charge in [-0.3, -0.25) is 0 Å². The van der Waals surface area contributed by atoms with Gasteiger partial charge in [0.05, 0.1) is 35.8 Å². The number of carbonyl (C=O) groups excluding carboxylic acids is 4. The van der Waals surface area contributed by atoms with Crippen molar-refractivity contribution in [3.8, 4) is 23.0 Å². The summed E-state index contributed by atoms with van der Waals surface area (Å²) in [5.41, 5.74) is 3.37. The fraction of sp³-hybridized carbons (Fsp3) is 0.345. The van der Waals surface area contributed by atoms with Crippen LogP contribution in [0.1, 0.15) is 77.6 Å². The predicted molar refractivity (Wildman–Crippen MR) is 321 cm³/mol. The van der Waals surface area contributed by atoms with Gasteiger partial charge in [-0.1, -0.05) is 54.0 Å². The molecule has 2 unspecified atom stereocenters. The Morgan fingerprint density at radius 1 is 0.408 bits per heavy atom. The van der Waals surface area contributed by atoms with Gasteiger partial charge in [0.25, 0.3) is 0 Å². The summed E-state index contributed by atoms with van der Waals surface area (Å²) in [5, 5.41) is 11.1. The Hall–Kier alpha value is -3.28. The van der Waals surface area contributed by atoms with Crippen molar-refractivity contribution < 1.29 is 62.2 Å². The first-order chi connectivity index (χ1) is 35.3. The molecule has 0 saturated heterocycles. The van der Waals surface area contributed by atoms with Gasteiger partial charge < -0.3 is 43.0 Å². The molecule has 0 bridgehead atoms. The van der Waals surface area contributed by atoms with Gasteiger partial charge in [0.15, 0.2) is 12.2 Å². The number of halogens is 8. The molecule has 410 valence electrons. The number of benzene rings is 4. The number of esters is 4. The highest BCUT2D eigenvalue weighted by molar-refractivity contribution is 9.12. The van der Waals surface area contributed by atoms with Crippen LogP contribution in [0.5, 0.6) is 23.0 Å². The molecule has 4 aromatic rings. The molecule has 0 aliphatic heterocycles. The molecule has 21 heteroatoms. The van der Waals surface area contributed by atoms with Gasteiger partial charge in [-0.15, -0.1) is 0 Å². The second-order valence-electron chi connectivity index (χ2n) is 18.6. The Morgan fingerprint density at radius 2 is 0.618 bits per heavy atom. The molecule has 13 nitrogen and oxygen atoms in total. The van der Waals surface area contributed by atoms with E-state index in [1.165, 1.54) is 27.7 Å². The molecule has 0 aromatic heterocycles. The first kappa shape index (κ1) is 65.2. The Bertz CT molecular complexity index is 2630. The summed E-state index contributed by atoms with van der Waals surface area (Å²) < 4.78 is 51.0. The van der Waals surface area contributed by atoms with Crippen LogP contribution in [0, 0.1) is 0 Å². The molecular formula is C55H56Br8O13. The van der Waals surface area contributed by atoms with Crippen LogP contribution in [0.2, 0.25) is 0 Å². The lowest BCUT2D eigenvalue weighted by Crippen LogP contribution is -2.31. The molecule has 4 aromatic carbocycles. The largest absolute Gasteiger partial charge is 0.488 e.